The molecule has 11 rings (SSSR count). The molecule has 0 aliphatic carbocycles. The van der Waals surface area contributed by atoms with E-state index in [1.165, 1.54) is 73.3 Å². The number of para-hydroxylation sites is 2. The molecule has 244 valence electrons. The predicted molar refractivity (Wildman–Crippen MR) is 227 cm³/mol. The number of hydrogen-bond donors (Lipinski definition) is 0. The molecule has 0 saturated heterocycles. The molecule has 0 radical (unpaired) electrons. The van der Waals surface area contributed by atoms with Gasteiger partial charge in [0.05, 0.1) is 11.0 Å². The van der Waals surface area contributed by atoms with E-state index in [-0.39, 0.29) is 0 Å². The van der Waals surface area contributed by atoms with Crippen LogP contribution in [-0.2, 0) is 0 Å². The highest BCUT2D eigenvalue weighted by atomic mass is 32.1. The van der Waals surface area contributed by atoms with Gasteiger partial charge in [-0.1, -0.05) is 103 Å². The number of benzene rings is 8. The van der Waals surface area contributed by atoms with Gasteiger partial charge in [-0.05, 0) is 90.0 Å². The number of rotatable bonds is 5. The van der Waals surface area contributed by atoms with Gasteiger partial charge < -0.3 is 9.47 Å². The molecule has 4 heteroatoms. The summed E-state index contributed by atoms with van der Waals surface area (Å²) in [5.41, 5.74) is 9.46. The highest BCUT2D eigenvalue weighted by Crippen LogP contribution is 2.44. The summed E-state index contributed by atoms with van der Waals surface area (Å²) in [6.07, 6.45) is 0. The van der Waals surface area contributed by atoms with Gasteiger partial charge in [0.15, 0.2) is 0 Å². The SMILES string of the molecule is c1ccc(-n2c3ccccc3c3cc(N(c4ccc(-c5cccc6c5sc5ccccc56)cc4)c4ccc5sc6ccccc6c5c4)ccc32)cc1. The van der Waals surface area contributed by atoms with Crippen molar-refractivity contribution >= 4 is 102 Å². The second kappa shape index (κ2) is 11.7. The Bertz CT molecular complexity index is 3130. The maximum absolute atomic E-state index is 2.42. The molecule has 11 aromatic rings. The van der Waals surface area contributed by atoms with Crippen LogP contribution in [0.3, 0.4) is 0 Å². The van der Waals surface area contributed by atoms with Crippen molar-refractivity contribution in [2.45, 2.75) is 0 Å². The lowest BCUT2D eigenvalue weighted by Gasteiger charge is -2.26. The molecule has 3 heterocycles. The Hall–Kier alpha value is -6.20. The summed E-state index contributed by atoms with van der Waals surface area (Å²) in [6.45, 7) is 0. The lowest BCUT2D eigenvalue weighted by molar-refractivity contribution is 1.18. The number of anilines is 3. The fourth-order valence-electron chi connectivity index (χ4n) is 8.02. The number of hydrogen-bond acceptors (Lipinski definition) is 3. The monoisotopic (exact) mass is 698 g/mol. The standard InChI is InChI=1S/C48H30N2S2/c1-2-11-32(12-3-1)50-43-18-7-4-13-37(43)41-29-34(25-27-44(41)50)49(35-26-28-47-42(30-35)39-15-6-8-19-45(39)51-47)33-23-21-31(22-24-33)36-16-10-17-40-38-14-5-9-20-46(38)52-48(36)40/h1-30H. The average Bonchev–Trinajstić information content (AvgIpc) is 3.88. The quantitative estimate of drug-likeness (QED) is 0.174. The lowest BCUT2D eigenvalue weighted by atomic mass is 10.0. The summed E-state index contributed by atoms with van der Waals surface area (Å²) < 4.78 is 7.66. The van der Waals surface area contributed by atoms with Crippen LogP contribution in [0.1, 0.15) is 0 Å². The van der Waals surface area contributed by atoms with E-state index >= 15 is 0 Å². The highest BCUT2D eigenvalue weighted by Gasteiger charge is 2.19. The van der Waals surface area contributed by atoms with Crippen LogP contribution in [0.5, 0.6) is 0 Å². The Labute approximate surface area is 308 Å². The fraction of sp³-hybridized carbons (Fsp3) is 0. The van der Waals surface area contributed by atoms with Crippen LogP contribution >= 0.6 is 22.7 Å². The lowest BCUT2D eigenvalue weighted by Crippen LogP contribution is -2.09. The first-order chi connectivity index (χ1) is 25.8. The molecule has 0 atom stereocenters. The van der Waals surface area contributed by atoms with Gasteiger partial charge in [-0.25, -0.2) is 0 Å². The smallest absolute Gasteiger partial charge is 0.0542 e. The van der Waals surface area contributed by atoms with Gasteiger partial charge in [0, 0.05) is 73.9 Å². The minimum atomic E-state index is 1.12. The molecular formula is C48H30N2S2. The summed E-state index contributed by atoms with van der Waals surface area (Å²) >= 11 is 3.74. The van der Waals surface area contributed by atoms with E-state index in [4.69, 9.17) is 0 Å². The van der Waals surface area contributed by atoms with Crippen molar-refractivity contribution in [1.82, 2.24) is 4.57 Å². The minimum Gasteiger partial charge on any atom is -0.310 e. The van der Waals surface area contributed by atoms with Crippen LogP contribution in [0.15, 0.2) is 182 Å². The van der Waals surface area contributed by atoms with Gasteiger partial charge in [-0.15, -0.1) is 22.7 Å². The Morgan fingerprint density at radius 1 is 0.365 bits per heavy atom. The molecule has 0 saturated carbocycles. The zero-order chi connectivity index (χ0) is 34.2. The van der Waals surface area contributed by atoms with Crippen molar-refractivity contribution < 1.29 is 0 Å². The molecule has 0 aliphatic heterocycles. The third kappa shape index (κ3) is 4.55. The van der Waals surface area contributed by atoms with E-state index in [2.05, 4.69) is 191 Å². The van der Waals surface area contributed by atoms with E-state index in [1.807, 2.05) is 22.7 Å². The Morgan fingerprint density at radius 3 is 1.75 bits per heavy atom. The van der Waals surface area contributed by atoms with Crippen LogP contribution in [0.4, 0.5) is 17.1 Å². The van der Waals surface area contributed by atoms with Crippen LogP contribution in [-0.4, -0.2) is 4.57 Å². The second-order valence-corrected chi connectivity index (χ2v) is 15.5. The predicted octanol–water partition coefficient (Wildman–Crippen LogP) is 14.7. The summed E-state index contributed by atoms with van der Waals surface area (Å²) in [4.78, 5) is 2.42. The average molecular weight is 699 g/mol. The number of aromatic nitrogens is 1. The molecule has 0 aliphatic rings. The van der Waals surface area contributed by atoms with Crippen molar-refractivity contribution in [3.63, 3.8) is 0 Å². The summed E-state index contributed by atoms with van der Waals surface area (Å²) in [5.74, 6) is 0. The van der Waals surface area contributed by atoms with Crippen molar-refractivity contribution in [1.29, 1.82) is 0 Å². The molecule has 0 amide bonds. The van der Waals surface area contributed by atoms with E-state index in [1.54, 1.807) is 0 Å². The largest absolute Gasteiger partial charge is 0.310 e. The second-order valence-electron chi connectivity index (χ2n) is 13.3. The van der Waals surface area contributed by atoms with Crippen LogP contribution in [0.25, 0.3) is 79.0 Å². The Morgan fingerprint density at radius 2 is 0.942 bits per heavy atom. The number of thiophene rings is 2. The van der Waals surface area contributed by atoms with Gasteiger partial charge in [-0.3, -0.25) is 0 Å². The maximum atomic E-state index is 2.42. The topological polar surface area (TPSA) is 8.17 Å². The first kappa shape index (κ1) is 29.5. The van der Waals surface area contributed by atoms with Crippen molar-refractivity contribution in [2.24, 2.45) is 0 Å². The molecule has 0 N–H and O–H groups in total. The zero-order valence-corrected chi connectivity index (χ0v) is 29.7. The van der Waals surface area contributed by atoms with Crippen LogP contribution < -0.4 is 4.90 Å². The fourth-order valence-corrected chi connectivity index (χ4v) is 10.3. The zero-order valence-electron chi connectivity index (χ0n) is 28.0. The number of fused-ring (bicyclic) bond motifs is 9. The molecule has 0 bridgehead atoms. The summed E-state index contributed by atoms with van der Waals surface area (Å²) in [7, 11) is 0. The van der Waals surface area contributed by atoms with Crippen molar-refractivity contribution in [3.05, 3.63) is 182 Å². The van der Waals surface area contributed by atoms with E-state index < -0.39 is 0 Å². The van der Waals surface area contributed by atoms with Gasteiger partial charge in [0.2, 0.25) is 0 Å². The first-order valence-electron chi connectivity index (χ1n) is 17.6. The molecule has 8 aromatic carbocycles. The van der Waals surface area contributed by atoms with Crippen LogP contribution in [0.2, 0.25) is 0 Å². The summed E-state index contributed by atoms with van der Waals surface area (Å²) in [6, 6.07) is 66.7. The molecule has 3 aromatic heterocycles. The van der Waals surface area contributed by atoms with Crippen molar-refractivity contribution in [3.8, 4) is 16.8 Å². The molecule has 0 fully saturated rings. The molecule has 2 nitrogen and oxygen atoms in total. The maximum Gasteiger partial charge on any atom is 0.0542 e. The van der Waals surface area contributed by atoms with E-state index in [0.29, 0.717) is 0 Å². The van der Waals surface area contributed by atoms with Gasteiger partial charge in [0.1, 0.15) is 0 Å². The number of nitrogens with zero attached hydrogens (tertiary/aromatic N) is 2. The molecular weight excluding hydrogens is 669 g/mol. The normalized spacial score (nSPS) is 11.8. The van der Waals surface area contributed by atoms with Gasteiger partial charge in [0.25, 0.3) is 0 Å². The first-order valence-corrected chi connectivity index (χ1v) is 19.2. The Balaban J connectivity index is 1.11. The van der Waals surface area contributed by atoms with Gasteiger partial charge in [-0.2, -0.15) is 0 Å². The van der Waals surface area contributed by atoms with Crippen LogP contribution in [0, 0.1) is 0 Å². The third-order valence-electron chi connectivity index (χ3n) is 10.4. The van der Waals surface area contributed by atoms with E-state index in [9.17, 15) is 0 Å². The summed E-state index contributed by atoms with van der Waals surface area (Å²) in [5, 5.41) is 7.72. The van der Waals surface area contributed by atoms with Gasteiger partial charge >= 0.3 is 0 Å². The third-order valence-corrected chi connectivity index (χ3v) is 12.8. The minimum absolute atomic E-state index is 1.12. The molecule has 0 unspecified atom stereocenters. The highest BCUT2D eigenvalue weighted by molar-refractivity contribution is 7.26. The Kier molecular flexibility index (Phi) is 6.63. The van der Waals surface area contributed by atoms with Crippen molar-refractivity contribution in [2.75, 3.05) is 4.90 Å². The van der Waals surface area contributed by atoms with E-state index in [0.717, 1.165) is 22.7 Å². The molecule has 52 heavy (non-hydrogen) atoms. The molecule has 0 spiro atoms.